The molecule has 0 amide bonds. The first-order valence-corrected chi connectivity index (χ1v) is 5.98. The standard InChI is InChI=1S/C14H12N2O4/c15-11-8(17)4-3-6-9(11)13(19)10-7(12(6)18)2-1-5-14(10,16)20/h1-4,17,20H,5,15-16H2. The van der Waals surface area contributed by atoms with E-state index in [4.69, 9.17) is 11.5 Å². The van der Waals surface area contributed by atoms with Crippen LogP contribution in [0.5, 0.6) is 5.75 Å². The number of phenolic OH excluding ortho intramolecular Hbond substituents is 1. The molecule has 0 aromatic heterocycles. The summed E-state index contributed by atoms with van der Waals surface area (Å²) in [6.45, 7) is 0. The van der Waals surface area contributed by atoms with Gasteiger partial charge in [0.2, 0.25) is 0 Å². The highest BCUT2D eigenvalue weighted by Gasteiger charge is 2.43. The fourth-order valence-corrected chi connectivity index (χ4v) is 2.60. The molecule has 1 atom stereocenters. The SMILES string of the molecule is Nc1c(O)ccc2c1C(=O)C1=C(C=CCC1(N)O)C2=O. The molecule has 0 aliphatic heterocycles. The van der Waals surface area contributed by atoms with Gasteiger partial charge in [-0.3, -0.25) is 15.3 Å². The summed E-state index contributed by atoms with van der Waals surface area (Å²) >= 11 is 0. The highest BCUT2D eigenvalue weighted by atomic mass is 16.3. The summed E-state index contributed by atoms with van der Waals surface area (Å²) in [7, 11) is 0. The van der Waals surface area contributed by atoms with E-state index in [2.05, 4.69) is 0 Å². The van der Waals surface area contributed by atoms with E-state index in [1.807, 2.05) is 0 Å². The average molecular weight is 272 g/mol. The van der Waals surface area contributed by atoms with Crippen LogP contribution >= 0.6 is 0 Å². The smallest absolute Gasteiger partial charge is 0.197 e. The number of fused-ring (bicyclic) bond motifs is 1. The van der Waals surface area contributed by atoms with Gasteiger partial charge in [0.25, 0.3) is 0 Å². The van der Waals surface area contributed by atoms with Crippen LogP contribution in [0, 0.1) is 0 Å². The molecule has 20 heavy (non-hydrogen) atoms. The Morgan fingerprint density at radius 1 is 1.20 bits per heavy atom. The number of Topliss-reactive ketones (excluding diaryl/α,β-unsaturated/α-hetero) is 2. The van der Waals surface area contributed by atoms with Crippen molar-refractivity contribution in [2.24, 2.45) is 5.73 Å². The zero-order valence-corrected chi connectivity index (χ0v) is 10.4. The van der Waals surface area contributed by atoms with Crippen LogP contribution in [0.4, 0.5) is 5.69 Å². The van der Waals surface area contributed by atoms with Crippen LogP contribution in [-0.4, -0.2) is 27.5 Å². The molecular weight excluding hydrogens is 260 g/mol. The first kappa shape index (κ1) is 12.6. The van der Waals surface area contributed by atoms with Gasteiger partial charge < -0.3 is 15.9 Å². The Morgan fingerprint density at radius 2 is 1.90 bits per heavy atom. The van der Waals surface area contributed by atoms with Gasteiger partial charge >= 0.3 is 0 Å². The number of phenols is 1. The minimum Gasteiger partial charge on any atom is -0.506 e. The second kappa shape index (κ2) is 3.78. The largest absolute Gasteiger partial charge is 0.506 e. The van der Waals surface area contributed by atoms with Crippen molar-refractivity contribution in [3.8, 4) is 5.75 Å². The second-order valence-electron chi connectivity index (χ2n) is 4.90. The molecule has 1 aromatic carbocycles. The monoisotopic (exact) mass is 272 g/mol. The molecule has 0 heterocycles. The number of rotatable bonds is 0. The fourth-order valence-electron chi connectivity index (χ4n) is 2.60. The zero-order valence-electron chi connectivity index (χ0n) is 10.4. The average Bonchev–Trinajstić information content (AvgIpc) is 2.38. The third-order valence-electron chi connectivity index (χ3n) is 3.58. The third kappa shape index (κ3) is 1.46. The van der Waals surface area contributed by atoms with Crippen molar-refractivity contribution >= 4 is 17.3 Å². The molecule has 6 N–H and O–H groups in total. The molecule has 2 aliphatic carbocycles. The third-order valence-corrected chi connectivity index (χ3v) is 3.58. The Labute approximate surface area is 114 Å². The number of aromatic hydroxyl groups is 1. The lowest BCUT2D eigenvalue weighted by Gasteiger charge is -2.32. The van der Waals surface area contributed by atoms with E-state index >= 15 is 0 Å². The minimum absolute atomic E-state index is 0.0267. The Kier molecular flexibility index (Phi) is 2.38. The first-order valence-electron chi connectivity index (χ1n) is 5.98. The highest BCUT2D eigenvalue weighted by molar-refractivity contribution is 6.30. The first-order chi connectivity index (χ1) is 9.34. The molecule has 3 rings (SSSR count). The molecule has 6 nitrogen and oxygen atoms in total. The number of nitrogens with two attached hydrogens (primary N) is 2. The van der Waals surface area contributed by atoms with E-state index in [1.165, 1.54) is 18.2 Å². The van der Waals surface area contributed by atoms with Crippen molar-refractivity contribution in [2.45, 2.75) is 12.1 Å². The van der Waals surface area contributed by atoms with E-state index in [0.717, 1.165) is 0 Å². The van der Waals surface area contributed by atoms with E-state index in [1.54, 1.807) is 6.08 Å². The zero-order chi connectivity index (χ0) is 14.7. The summed E-state index contributed by atoms with van der Waals surface area (Å²) in [6, 6.07) is 2.59. The van der Waals surface area contributed by atoms with Crippen molar-refractivity contribution in [3.63, 3.8) is 0 Å². The van der Waals surface area contributed by atoms with Gasteiger partial charge in [0.05, 0.1) is 16.8 Å². The molecule has 0 spiro atoms. The van der Waals surface area contributed by atoms with E-state index in [9.17, 15) is 19.8 Å². The van der Waals surface area contributed by atoms with Gasteiger partial charge in [-0.05, 0) is 12.1 Å². The number of ketones is 2. The molecule has 1 aromatic rings. The molecule has 0 saturated heterocycles. The number of aliphatic hydroxyl groups is 1. The number of anilines is 1. The highest BCUT2D eigenvalue weighted by Crippen LogP contribution is 2.39. The predicted molar refractivity (Wildman–Crippen MR) is 71.1 cm³/mol. The molecule has 2 aliphatic rings. The Balaban J connectivity index is 2.34. The maximum atomic E-state index is 12.5. The minimum atomic E-state index is -1.91. The topological polar surface area (TPSA) is 127 Å². The molecule has 0 fully saturated rings. The number of carbonyl (C=O) groups excluding carboxylic acids is 2. The molecule has 6 heteroatoms. The van der Waals surface area contributed by atoms with Gasteiger partial charge in [-0.1, -0.05) is 12.2 Å². The Bertz CT molecular complexity index is 729. The molecule has 0 radical (unpaired) electrons. The van der Waals surface area contributed by atoms with E-state index in [0.29, 0.717) is 0 Å². The van der Waals surface area contributed by atoms with Gasteiger partial charge in [-0.25, -0.2) is 0 Å². The van der Waals surface area contributed by atoms with Crippen LogP contribution in [0.1, 0.15) is 27.1 Å². The summed E-state index contributed by atoms with van der Waals surface area (Å²) < 4.78 is 0. The van der Waals surface area contributed by atoms with Gasteiger partial charge in [0.15, 0.2) is 11.6 Å². The van der Waals surface area contributed by atoms with Gasteiger partial charge in [0.1, 0.15) is 11.5 Å². The number of benzene rings is 1. The van der Waals surface area contributed by atoms with Gasteiger partial charge in [-0.15, -0.1) is 0 Å². The lowest BCUT2D eigenvalue weighted by Crippen LogP contribution is -2.48. The second-order valence-corrected chi connectivity index (χ2v) is 4.90. The lowest BCUT2D eigenvalue weighted by atomic mass is 9.76. The number of nitrogen functional groups attached to an aromatic ring is 1. The number of hydrogen-bond acceptors (Lipinski definition) is 6. The Morgan fingerprint density at radius 3 is 2.60 bits per heavy atom. The molecule has 102 valence electrons. The van der Waals surface area contributed by atoms with Crippen LogP contribution in [0.25, 0.3) is 0 Å². The molecule has 1 unspecified atom stereocenters. The normalized spacial score (nSPS) is 24.7. The summed E-state index contributed by atoms with van der Waals surface area (Å²) in [5, 5.41) is 19.7. The van der Waals surface area contributed by atoms with E-state index < -0.39 is 17.3 Å². The van der Waals surface area contributed by atoms with Crippen molar-refractivity contribution in [2.75, 3.05) is 5.73 Å². The number of allylic oxidation sites excluding steroid dienone is 2. The molecular formula is C14H12N2O4. The summed E-state index contributed by atoms with van der Waals surface area (Å²) in [5.74, 6) is -1.36. The van der Waals surface area contributed by atoms with Crippen molar-refractivity contribution in [1.82, 2.24) is 0 Å². The fraction of sp³-hybridized carbons (Fsp3) is 0.143. The summed E-state index contributed by atoms with van der Waals surface area (Å²) in [6.07, 6.45) is 3.04. The van der Waals surface area contributed by atoms with Crippen LogP contribution in [0.3, 0.4) is 0 Å². The molecule has 0 bridgehead atoms. The van der Waals surface area contributed by atoms with Gasteiger partial charge in [-0.2, -0.15) is 0 Å². The van der Waals surface area contributed by atoms with Crippen molar-refractivity contribution < 1.29 is 19.8 Å². The number of carbonyl (C=O) groups is 2. The van der Waals surface area contributed by atoms with E-state index in [-0.39, 0.29) is 40.1 Å². The summed E-state index contributed by atoms with van der Waals surface area (Å²) in [4.78, 5) is 24.9. The predicted octanol–water partition coefficient (Wildman–Crippen LogP) is 0.257. The van der Waals surface area contributed by atoms with Crippen LogP contribution in [0.2, 0.25) is 0 Å². The lowest BCUT2D eigenvalue weighted by molar-refractivity contribution is 0.0692. The van der Waals surface area contributed by atoms with Crippen LogP contribution in [0.15, 0.2) is 35.4 Å². The molecule has 0 saturated carbocycles. The Hall–Kier alpha value is -2.44. The van der Waals surface area contributed by atoms with Crippen LogP contribution < -0.4 is 11.5 Å². The number of hydrogen-bond donors (Lipinski definition) is 4. The maximum Gasteiger partial charge on any atom is 0.197 e. The van der Waals surface area contributed by atoms with Crippen LogP contribution in [-0.2, 0) is 0 Å². The van der Waals surface area contributed by atoms with Crippen molar-refractivity contribution in [3.05, 3.63) is 46.6 Å². The summed E-state index contributed by atoms with van der Waals surface area (Å²) in [5.41, 5.74) is 9.19. The van der Waals surface area contributed by atoms with Gasteiger partial charge in [0, 0.05) is 17.6 Å². The van der Waals surface area contributed by atoms with Crippen molar-refractivity contribution in [1.29, 1.82) is 0 Å². The maximum absolute atomic E-state index is 12.5. The quantitative estimate of drug-likeness (QED) is 0.305.